The molecule has 0 bridgehead atoms. The van der Waals surface area contributed by atoms with Crippen LogP contribution in [-0.4, -0.2) is 35.3 Å². The van der Waals surface area contributed by atoms with Gasteiger partial charge in [-0.15, -0.1) is 12.4 Å². The molecular formula is C18H26ClN3O3. The molecule has 6 nitrogen and oxygen atoms in total. The monoisotopic (exact) mass is 367 g/mol. The van der Waals surface area contributed by atoms with Crippen LogP contribution in [0.2, 0.25) is 0 Å². The standard InChI is InChI=1S/C18H25N3O3.ClH/c1-10-13(5-4-6-19-10)20-16(23)12-7-11-14(21-17(12)24)8-18(2,3)9-15(11)22;/h7,10,13,19H,4-6,8-9H2,1-3H3,(H,20,23)(H,21,24);1H. The first-order valence-corrected chi connectivity index (χ1v) is 8.60. The Morgan fingerprint density at radius 2 is 2.00 bits per heavy atom. The number of fused-ring (bicyclic) bond motifs is 1. The van der Waals surface area contributed by atoms with Gasteiger partial charge in [0.15, 0.2) is 5.78 Å². The molecule has 2 aliphatic rings. The second kappa shape index (κ2) is 7.30. The first-order valence-electron chi connectivity index (χ1n) is 8.60. The quantitative estimate of drug-likeness (QED) is 0.743. The fourth-order valence-electron chi connectivity index (χ4n) is 3.68. The molecule has 1 saturated heterocycles. The smallest absolute Gasteiger partial charge is 0.261 e. The molecule has 2 unspecified atom stereocenters. The van der Waals surface area contributed by atoms with Crippen molar-refractivity contribution in [2.45, 2.75) is 58.5 Å². The van der Waals surface area contributed by atoms with E-state index in [1.54, 1.807) is 0 Å². The number of hydrogen-bond acceptors (Lipinski definition) is 4. The molecule has 0 spiro atoms. The highest BCUT2D eigenvalue weighted by atomic mass is 35.5. The number of carbonyl (C=O) groups excluding carboxylic acids is 2. The van der Waals surface area contributed by atoms with E-state index in [1.807, 2.05) is 20.8 Å². The minimum atomic E-state index is -0.423. The molecule has 138 valence electrons. The zero-order valence-electron chi connectivity index (χ0n) is 14.9. The lowest BCUT2D eigenvalue weighted by molar-refractivity contribution is 0.0910. The Morgan fingerprint density at radius 1 is 1.28 bits per heavy atom. The summed E-state index contributed by atoms with van der Waals surface area (Å²) < 4.78 is 0. The Morgan fingerprint density at radius 3 is 2.68 bits per heavy atom. The van der Waals surface area contributed by atoms with Crippen LogP contribution in [0.15, 0.2) is 10.9 Å². The number of nitrogens with one attached hydrogen (secondary N) is 3. The van der Waals surface area contributed by atoms with Gasteiger partial charge in [0, 0.05) is 29.8 Å². The first-order chi connectivity index (χ1) is 11.3. The van der Waals surface area contributed by atoms with E-state index in [4.69, 9.17) is 0 Å². The van der Waals surface area contributed by atoms with Crippen LogP contribution in [0.5, 0.6) is 0 Å². The highest BCUT2D eigenvalue weighted by Crippen LogP contribution is 2.33. The fourth-order valence-corrected chi connectivity index (χ4v) is 3.68. The summed E-state index contributed by atoms with van der Waals surface area (Å²) in [6.45, 7) is 6.97. The van der Waals surface area contributed by atoms with E-state index in [2.05, 4.69) is 15.6 Å². The maximum absolute atomic E-state index is 12.5. The van der Waals surface area contributed by atoms with Crippen LogP contribution in [0.3, 0.4) is 0 Å². The predicted molar refractivity (Wildman–Crippen MR) is 98.7 cm³/mol. The summed E-state index contributed by atoms with van der Waals surface area (Å²) in [5.41, 5.74) is 0.562. The molecule has 0 radical (unpaired) electrons. The van der Waals surface area contributed by atoms with Gasteiger partial charge in [-0.25, -0.2) is 0 Å². The van der Waals surface area contributed by atoms with Gasteiger partial charge in [0.2, 0.25) is 0 Å². The van der Waals surface area contributed by atoms with E-state index >= 15 is 0 Å². The number of Topliss-reactive ketones (excluding diaryl/α,β-unsaturated/α-hetero) is 1. The van der Waals surface area contributed by atoms with Gasteiger partial charge in [0.05, 0.1) is 0 Å². The van der Waals surface area contributed by atoms with Crippen molar-refractivity contribution in [1.82, 2.24) is 15.6 Å². The fraction of sp³-hybridized carbons (Fsp3) is 0.611. The Balaban J connectivity index is 0.00000225. The van der Waals surface area contributed by atoms with E-state index in [0.717, 1.165) is 19.4 Å². The van der Waals surface area contributed by atoms with Crippen LogP contribution in [-0.2, 0) is 6.42 Å². The second-order valence-corrected chi connectivity index (χ2v) is 7.81. The first kappa shape index (κ1) is 19.7. The van der Waals surface area contributed by atoms with Crippen LogP contribution in [0.4, 0.5) is 0 Å². The number of H-pyrrole nitrogens is 1. The Bertz CT molecular complexity index is 742. The molecular weight excluding hydrogens is 342 g/mol. The van der Waals surface area contributed by atoms with Crippen molar-refractivity contribution in [3.05, 3.63) is 33.2 Å². The number of halogens is 1. The molecule has 0 aromatic carbocycles. The summed E-state index contributed by atoms with van der Waals surface area (Å²) in [4.78, 5) is 40.0. The molecule has 7 heteroatoms. The summed E-state index contributed by atoms with van der Waals surface area (Å²) in [6, 6.07) is 1.64. The minimum Gasteiger partial charge on any atom is -0.348 e. The number of piperidine rings is 1. The van der Waals surface area contributed by atoms with Gasteiger partial charge in [-0.05, 0) is 44.2 Å². The summed E-state index contributed by atoms with van der Waals surface area (Å²) in [7, 11) is 0. The van der Waals surface area contributed by atoms with Crippen molar-refractivity contribution in [3.8, 4) is 0 Å². The molecule has 1 fully saturated rings. The number of pyridine rings is 1. The van der Waals surface area contributed by atoms with Crippen molar-refractivity contribution in [2.24, 2.45) is 5.41 Å². The predicted octanol–water partition coefficient (Wildman–Crippen LogP) is 1.82. The lowest BCUT2D eigenvalue weighted by atomic mass is 9.75. The average Bonchev–Trinajstić information content (AvgIpc) is 2.47. The van der Waals surface area contributed by atoms with Gasteiger partial charge < -0.3 is 15.6 Å². The zero-order chi connectivity index (χ0) is 17.5. The minimum absolute atomic E-state index is 0. The second-order valence-electron chi connectivity index (χ2n) is 7.81. The molecule has 1 aliphatic carbocycles. The molecule has 2 heterocycles. The molecule has 3 rings (SSSR count). The average molecular weight is 368 g/mol. The van der Waals surface area contributed by atoms with Gasteiger partial charge in [-0.3, -0.25) is 14.4 Å². The number of aromatic nitrogens is 1. The molecule has 1 aliphatic heterocycles. The zero-order valence-corrected chi connectivity index (χ0v) is 15.7. The molecule has 3 N–H and O–H groups in total. The molecule has 1 aromatic rings. The Hall–Kier alpha value is -1.66. The Labute approximate surface area is 153 Å². The van der Waals surface area contributed by atoms with Crippen LogP contribution < -0.4 is 16.2 Å². The topological polar surface area (TPSA) is 91.1 Å². The maximum Gasteiger partial charge on any atom is 0.261 e. The summed E-state index contributed by atoms with van der Waals surface area (Å²) in [6.07, 6.45) is 2.94. The third kappa shape index (κ3) is 4.12. The van der Waals surface area contributed by atoms with Gasteiger partial charge in [-0.2, -0.15) is 0 Å². The van der Waals surface area contributed by atoms with E-state index in [-0.39, 0.29) is 41.3 Å². The summed E-state index contributed by atoms with van der Waals surface area (Å²) in [5.74, 6) is -0.420. The van der Waals surface area contributed by atoms with Gasteiger partial charge >= 0.3 is 0 Å². The van der Waals surface area contributed by atoms with Gasteiger partial charge in [-0.1, -0.05) is 13.8 Å². The lowest BCUT2D eigenvalue weighted by Gasteiger charge is -2.31. The van der Waals surface area contributed by atoms with E-state index < -0.39 is 11.5 Å². The number of hydrogen-bond donors (Lipinski definition) is 3. The van der Waals surface area contributed by atoms with E-state index in [1.165, 1.54) is 6.07 Å². The Kier molecular flexibility index (Phi) is 5.74. The van der Waals surface area contributed by atoms with Crippen LogP contribution in [0, 0.1) is 5.41 Å². The normalized spacial score (nSPS) is 24.8. The SMILES string of the molecule is CC1NCCCC1NC(=O)c1cc2c([nH]c1=O)CC(C)(C)CC2=O.Cl. The third-order valence-electron chi connectivity index (χ3n) is 5.04. The van der Waals surface area contributed by atoms with E-state index in [9.17, 15) is 14.4 Å². The van der Waals surface area contributed by atoms with Crippen LogP contribution in [0.1, 0.15) is 66.4 Å². The van der Waals surface area contributed by atoms with Crippen molar-refractivity contribution in [2.75, 3.05) is 6.54 Å². The summed E-state index contributed by atoms with van der Waals surface area (Å²) in [5, 5.41) is 6.25. The molecule has 0 saturated carbocycles. The van der Waals surface area contributed by atoms with Crippen LogP contribution >= 0.6 is 12.4 Å². The lowest BCUT2D eigenvalue weighted by Crippen LogP contribution is -2.52. The summed E-state index contributed by atoms with van der Waals surface area (Å²) >= 11 is 0. The van der Waals surface area contributed by atoms with Crippen molar-refractivity contribution in [1.29, 1.82) is 0 Å². The van der Waals surface area contributed by atoms with Gasteiger partial charge in [0.25, 0.3) is 11.5 Å². The molecule has 1 amide bonds. The number of rotatable bonds is 2. The molecule has 1 aromatic heterocycles. The van der Waals surface area contributed by atoms with Crippen molar-refractivity contribution < 1.29 is 9.59 Å². The highest BCUT2D eigenvalue weighted by molar-refractivity contribution is 6.02. The van der Waals surface area contributed by atoms with Crippen molar-refractivity contribution >= 4 is 24.1 Å². The number of aromatic amines is 1. The van der Waals surface area contributed by atoms with E-state index in [0.29, 0.717) is 24.1 Å². The molecule has 2 atom stereocenters. The number of amides is 1. The number of carbonyl (C=O) groups is 2. The third-order valence-corrected chi connectivity index (χ3v) is 5.04. The largest absolute Gasteiger partial charge is 0.348 e. The van der Waals surface area contributed by atoms with Crippen molar-refractivity contribution in [3.63, 3.8) is 0 Å². The van der Waals surface area contributed by atoms with Crippen LogP contribution in [0.25, 0.3) is 0 Å². The maximum atomic E-state index is 12.5. The highest BCUT2D eigenvalue weighted by Gasteiger charge is 2.33. The number of ketones is 1. The molecule has 25 heavy (non-hydrogen) atoms. The van der Waals surface area contributed by atoms with Gasteiger partial charge in [0.1, 0.15) is 5.56 Å².